The van der Waals surface area contributed by atoms with Crippen molar-refractivity contribution in [2.75, 3.05) is 12.4 Å². The van der Waals surface area contributed by atoms with E-state index in [0.717, 1.165) is 29.4 Å². The Bertz CT molecular complexity index is 481. The Morgan fingerprint density at radius 1 is 1.38 bits per heavy atom. The quantitative estimate of drug-likeness (QED) is 0.486. The summed E-state index contributed by atoms with van der Waals surface area (Å²) in [5.41, 5.74) is 0.116. The minimum absolute atomic E-state index is 0.245. The van der Waals surface area contributed by atoms with Crippen LogP contribution in [-0.4, -0.2) is 18.6 Å². The molecule has 0 amide bonds. The lowest BCUT2D eigenvalue weighted by Gasteiger charge is -2.29. The first-order valence-corrected chi connectivity index (χ1v) is 8.41. The van der Waals surface area contributed by atoms with Crippen LogP contribution < -0.4 is 5.32 Å². The van der Waals surface area contributed by atoms with Gasteiger partial charge in [0, 0.05) is 10.2 Å². The van der Waals surface area contributed by atoms with E-state index < -0.39 is 5.54 Å². The van der Waals surface area contributed by atoms with Crippen molar-refractivity contribution in [3.63, 3.8) is 0 Å². The molecule has 0 aliphatic carbocycles. The van der Waals surface area contributed by atoms with Crippen LogP contribution in [-0.2, 0) is 9.53 Å². The van der Waals surface area contributed by atoms with Crippen molar-refractivity contribution < 1.29 is 9.53 Å². The van der Waals surface area contributed by atoms with E-state index >= 15 is 0 Å². The van der Waals surface area contributed by atoms with Crippen molar-refractivity contribution in [1.29, 1.82) is 0 Å². The number of carbonyl (C=O) groups excluding carboxylic acids is 1. The van der Waals surface area contributed by atoms with E-state index in [2.05, 4.69) is 28.2 Å². The third kappa shape index (κ3) is 5.51. The predicted molar refractivity (Wildman–Crippen MR) is 92.0 cm³/mol. The van der Waals surface area contributed by atoms with Crippen LogP contribution in [0.3, 0.4) is 0 Å². The lowest BCUT2D eigenvalue weighted by molar-refractivity contribution is -0.145. The lowest BCUT2D eigenvalue weighted by atomic mass is 9.93. The average Bonchev–Trinajstić information content (AvgIpc) is 2.46. The molecular weight excluding hydrogens is 354 g/mol. The van der Waals surface area contributed by atoms with Gasteiger partial charge in [0.2, 0.25) is 0 Å². The maximum atomic E-state index is 12.1. The Morgan fingerprint density at radius 2 is 2.10 bits per heavy atom. The summed E-state index contributed by atoms with van der Waals surface area (Å²) in [5.74, 6) is -0.245. The largest absolute Gasteiger partial charge is 0.467 e. The minimum Gasteiger partial charge on any atom is -0.467 e. The van der Waals surface area contributed by atoms with E-state index in [9.17, 15) is 4.79 Å². The molecule has 1 N–H and O–H groups in total. The first kappa shape index (κ1) is 18.3. The van der Waals surface area contributed by atoms with Crippen LogP contribution in [0.2, 0.25) is 5.02 Å². The molecule has 1 unspecified atom stereocenters. The predicted octanol–water partition coefficient (Wildman–Crippen LogP) is 5.42. The summed E-state index contributed by atoms with van der Waals surface area (Å²) in [4.78, 5) is 12.1. The maximum Gasteiger partial charge on any atom is 0.331 e. The summed E-state index contributed by atoms with van der Waals surface area (Å²) in [7, 11) is 1.42. The Morgan fingerprint density at radius 3 is 2.67 bits per heavy atom. The van der Waals surface area contributed by atoms with Gasteiger partial charge in [-0.2, -0.15) is 0 Å². The number of hydrogen-bond donors (Lipinski definition) is 1. The molecule has 0 bridgehead atoms. The summed E-state index contributed by atoms with van der Waals surface area (Å²) in [6.45, 7) is 4.05. The number of ether oxygens (including phenoxy) is 1. The second kappa shape index (κ2) is 8.64. The number of methoxy groups -OCH3 is 1. The van der Waals surface area contributed by atoms with Crippen LogP contribution in [0.25, 0.3) is 0 Å². The van der Waals surface area contributed by atoms with Gasteiger partial charge in [0.05, 0.1) is 12.1 Å². The monoisotopic (exact) mass is 375 g/mol. The molecular formula is C16H23BrClNO2. The van der Waals surface area contributed by atoms with Crippen LogP contribution in [0, 0.1) is 0 Å². The standard InChI is InChI=1S/C16H23BrClNO2/c1-4-5-6-7-10-16(2,15(20)21-3)19-12-8-9-14(18)13(17)11-12/h8-9,11,19H,4-7,10H2,1-3H3. The van der Waals surface area contributed by atoms with Crippen molar-refractivity contribution in [2.45, 2.75) is 51.5 Å². The zero-order chi connectivity index (χ0) is 15.9. The van der Waals surface area contributed by atoms with Crippen molar-refractivity contribution in [2.24, 2.45) is 0 Å². The number of anilines is 1. The highest BCUT2D eigenvalue weighted by atomic mass is 79.9. The van der Waals surface area contributed by atoms with Crippen LogP contribution in [0.5, 0.6) is 0 Å². The van der Waals surface area contributed by atoms with Gasteiger partial charge in [-0.25, -0.2) is 4.79 Å². The molecule has 0 spiro atoms. The Labute approximate surface area is 140 Å². The number of esters is 1. The molecule has 0 fully saturated rings. The van der Waals surface area contributed by atoms with Crippen LogP contribution >= 0.6 is 27.5 Å². The highest BCUT2D eigenvalue weighted by Gasteiger charge is 2.33. The second-order valence-electron chi connectivity index (χ2n) is 5.39. The number of halogens is 2. The number of hydrogen-bond acceptors (Lipinski definition) is 3. The number of unbranched alkanes of at least 4 members (excludes halogenated alkanes) is 3. The fraction of sp³-hybridized carbons (Fsp3) is 0.562. The molecule has 0 radical (unpaired) electrons. The summed E-state index contributed by atoms with van der Waals surface area (Å²) >= 11 is 9.39. The minimum atomic E-state index is -0.726. The van der Waals surface area contributed by atoms with E-state index in [1.165, 1.54) is 20.0 Å². The van der Waals surface area contributed by atoms with Crippen LogP contribution in [0.1, 0.15) is 46.0 Å². The van der Waals surface area contributed by atoms with Crippen LogP contribution in [0.15, 0.2) is 22.7 Å². The molecule has 0 aliphatic heterocycles. The van der Waals surface area contributed by atoms with Gasteiger partial charge < -0.3 is 10.1 Å². The molecule has 1 aromatic carbocycles. The highest BCUT2D eigenvalue weighted by molar-refractivity contribution is 9.10. The van der Waals surface area contributed by atoms with Gasteiger partial charge in [-0.3, -0.25) is 0 Å². The van der Waals surface area contributed by atoms with Gasteiger partial charge in [0.15, 0.2) is 0 Å². The zero-order valence-electron chi connectivity index (χ0n) is 12.8. The molecule has 0 aliphatic rings. The molecule has 5 heteroatoms. The van der Waals surface area contributed by atoms with E-state index in [1.54, 1.807) is 6.07 Å². The summed E-state index contributed by atoms with van der Waals surface area (Å²) < 4.78 is 5.76. The molecule has 21 heavy (non-hydrogen) atoms. The number of nitrogens with one attached hydrogen (secondary N) is 1. The third-order valence-electron chi connectivity index (χ3n) is 3.51. The fourth-order valence-corrected chi connectivity index (χ4v) is 2.73. The molecule has 0 saturated heterocycles. The van der Waals surface area contributed by atoms with E-state index in [0.29, 0.717) is 5.02 Å². The number of carbonyl (C=O) groups is 1. The molecule has 118 valence electrons. The maximum absolute atomic E-state index is 12.1. The molecule has 1 aromatic rings. The SMILES string of the molecule is CCCCCCC(C)(Nc1ccc(Cl)c(Br)c1)C(=O)OC. The van der Waals surface area contributed by atoms with Gasteiger partial charge in [0.25, 0.3) is 0 Å². The Kier molecular flexibility index (Phi) is 7.53. The fourth-order valence-electron chi connectivity index (χ4n) is 2.24. The summed E-state index contributed by atoms with van der Waals surface area (Å²) in [5, 5.41) is 3.93. The smallest absolute Gasteiger partial charge is 0.331 e. The van der Waals surface area contributed by atoms with Crippen molar-refractivity contribution in [3.8, 4) is 0 Å². The Hall–Kier alpha value is -0.740. The van der Waals surface area contributed by atoms with Crippen molar-refractivity contribution in [3.05, 3.63) is 27.7 Å². The molecule has 0 aromatic heterocycles. The average molecular weight is 377 g/mol. The molecule has 1 atom stereocenters. The van der Waals surface area contributed by atoms with Gasteiger partial charge in [0.1, 0.15) is 5.54 Å². The molecule has 0 saturated carbocycles. The van der Waals surface area contributed by atoms with E-state index in [1.807, 2.05) is 19.1 Å². The first-order valence-electron chi connectivity index (χ1n) is 7.24. The third-order valence-corrected chi connectivity index (χ3v) is 4.72. The highest BCUT2D eigenvalue weighted by Crippen LogP contribution is 2.29. The molecule has 1 rings (SSSR count). The van der Waals surface area contributed by atoms with Gasteiger partial charge in [-0.1, -0.05) is 44.2 Å². The van der Waals surface area contributed by atoms with Gasteiger partial charge >= 0.3 is 5.97 Å². The molecule has 0 heterocycles. The van der Waals surface area contributed by atoms with E-state index in [-0.39, 0.29) is 5.97 Å². The second-order valence-corrected chi connectivity index (χ2v) is 6.65. The number of benzene rings is 1. The van der Waals surface area contributed by atoms with E-state index in [4.69, 9.17) is 16.3 Å². The van der Waals surface area contributed by atoms with Gasteiger partial charge in [-0.05, 0) is 47.5 Å². The Balaban J connectivity index is 2.81. The molecule has 3 nitrogen and oxygen atoms in total. The summed E-state index contributed by atoms with van der Waals surface area (Å²) in [6.07, 6.45) is 5.20. The normalized spacial score (nSPS) is 13.6. The summed E-state index contributed by atoms with van der Waals surface area (Å²) in [6, 6.07) is 5.53. The number of rotatable bonds is 8. The van der Waals surface area contributed by atoms with Crippen molar-refractivity contribution >= 4 is 39.2 Å². The van der Waals surface area contributed by atoms with Gasteiger partial charge in [-0.15, -0.1) is 0 Å². The first-order chi connectivity index (χ1) is 9.92. The lowest BCUT2D eigenvalue weighted by Crippen LogP contribution is -2.44. The zero-order valence-corrected chi connectivity index (χ0v) is 15.2. The van der Waals surface area contributed by atoms with Crippen LogP contribution in [0.4, 0.5) is 5.69 Å². The van der Waals surface area contributed by atoms with Crippen molar-refractivity contribution in [1.82, 2.24) is 0 Å². The topological polar surface area (TPSA) is 38.3 Å².